The number of hydrogen-bond acceptors (Lipinski definition) is 7. The van der Waals surface area contributed by atoms with Crippen molar-refractivity contribution in [3.8, 4) is 0 Å². The molecule has 0 spiro atoms. The molecule has 4 saturated heterocycles. The molecule has 4 fully saturated rings. The van der Waals surface area contributed by atoms with E-state index in [1.807, 2.05) is 32.8 Å². The standard InChI is InChI=1S/C17H29NO6/c1-16(2)21-12-11(10-19-18-8-6-5-7-9-18)20-15-14(13(12)22-16)23-17(3,4)24-15/h11-15H,5-10H2,1-4H3/t11?,12-,13?,14?,15-/m0/s1. The fraction of sp³-hybridized carbons (Fsp3) is 1.00. The summed E-state index contributed by atoms with van der Waals surface area (Å²) >= 11 is 0. The van der Waals surface area contributed by atoms with Crippen molar-refractivity contribution in [2.24, 2.45) is 0 Å². The first-order chi connectivity index (χ1) is 11.3. The molecular formula is C17H29NO6. The Morgan fingerprint density at radius 1 is 0.833 bits per heavy atom. The minimum absolute atomic E-state index is 0.213. The van der Waals surface area contributed by atoms with Gasteiger partial charge in [-0.2, -0.15) is 5.06 Å². The summed E-state index contributed by atoms with van der Waals surface area (Å²) in [5.41, 5.74) is 0. The summed E-state index contributed by atoms with van der Waals surface area (Å²) in [6, 6.07) is 0. The molecule has 0 aliphatic carbocycles. The molecule has 0 amide bonds. The van der Waals surface area contributed by atoms with E-state index in [2.05, 4.69) is 0 Å². The van der Waals surface area contributed by atoms with E-state index in [1.165, 1.54) is 19.3 Å². The second-order valence-electron chi connectivity index (χ2n) is 7.99. The van der Waals surface area contributed by atoms with E-state index in [0.717, 1.165) is 13.1 Å². The van der Waals surface area contributed by atoms with Gasteiger partial charge < -0.3 is 23.7 Å². The van der Waals surface area contributed by atoms with Crippen LogP contribution in [0.1, 0.15) is 47.0 Å². The molecule has 24 heavy (non-hydrogen) atoms. The zero-order valence-electron chi connectivity index (χ0n) is 15.0. The highest BCUT2D eigenvalue weighted by Gasteiger charge is 2.60. The SMILES string of the molecule is CC1(C)OC2C3OC(C)(C)O[C@H]3C(CON3CCCCC3)O[C@H]2O1. The lowest BCUT2D eigenvalue weighted by Gasteiger charge is -2.38. The molecular weight excluding hydrogens is 314 g/mol. The fourth-order valence-electron chi connectivity index (χ4n) is 4.00. The topological polar surface area (TPSA) is 58.6 Å². The van der Waals surface area contributed by atoms with Crippen molar-refractivity contribution in [3.63, 3.8) is 0 Å². The van der Waals surface area contributed by atoms with E-state index in [9.17, 15) is 0 Å². The van der Waals surface area contributed by atoms with Gasteiger partial charge in [0.2, 0.25) is 0 Å². The molecule has 0 aromatic rings. The summed E-state index contributed by atoms with van der Waals surface area (Å²) in [7, 11) is 0. The molecule has 0 aromatic heterocycles. The number of fused-ring (bicyclic) bond motifs is 3. The quantitative estimate of drug-likeness (QED) is 0.774. The van der Waals surface area contributed by atoms with Crippen molar-refractivity contribution in [1.82, 2.24) is 5.06 Å². The Kier molecular flexibility index (Phi) is 4.40. The Bertz CT molecular complexity index is 464. The molecule has 4 aliphatic heterocycles. The highest BCUT2D eigenvalue weighted by atomic mass is 16.9. The number of piperidine rings is 1. The van der Waals surface area contributed by atoms with Gasteiger partial charge in [0.15, 0.2) is 17.9 Å². The van der Waals surface area contributed by atoms with E-state index in [4.69, 9.17) is 28.5 Å². The first kappa shape index (κ1) is 17.1. The van der Waals surface area contributed by atoms with Crippen molar-refractivity contribution in [2.45, 2.75) is 89.2 Å². The van der Waals surface area contributed by atoms with Crippen molar-refractivity contribution in [2.75, 3.05) is 19.7 Å². The largest absolute Gasteiger partial charge is 0.342 e. The van der Waals surface area contributed by atoms with Gasteiger partial charge in [-0.3, -0.25) is 4.84 Å². The van der Waals surface area contributed by atoms with Crippen molar-refractivity contribution < 1.29 is 28.5 Å². The lowest BCUT2D eigenvalue weighted by atomic mass is 9.99. The summed E-state index contributed by atoms with van der Waals surface area (Å²) in [6.45, 7) is 10.0. The first-order valence-corrected chi connectivity index (χ1v) is 9.08. The van der Waals surface area contributed by atoms with Crippen LogP contribution in [0.4, 0.5) is 0 Å². The molecule has 138 valence electrons. The van der Waals surface area contributed by atoms with Gasteiger partial charge in [0.25, 0.3) is 0 Å². The van der Waals surface area contributed by atoms with Crippen LogP contribution in [0, 0.1) is 0 Å². The van der Waals surface area contributed by atoms with Gasteiger partial charge in [-0.05, 0) is 40.5 Å². The molecule has 0 N–H and O–H groups in total. The summed E-state index contributed by atoms with van der Waals surface area (Å²) in [6.07, 6.45) is 2.24. The van der Waals surface area contributed by atoms with E-state index < -0.39 is 17.9 Å². The van der Waals surface area contributed by atoms with Gasteiger partial charge >= 0.3 is 0 Å². The average molecular weight is 343 g/mol. The highest BCUT2D eigenvalue weighted by molar-refractivity contribution is 5.00. The minimum Gasteiger partial charge on any atom is -0.342 e. The molecule has 7 nitrogen and oxygen atoms in total. The molecule has 0 aromatic carbocycles. The van der Waals surface area contributed by atoms with E-state index in [-0.39, 0.29) is 24.4 Å². The van der Waals surface area contributed by atoms with Crippen LogP contribution < -0.4 is 0 Å². The number of hydroxylamine groups is 2. The Hall–Kier alpha value is -0.280. The number of rotatable bonds is 3. The molecule has 4 rings (SSSR count). The molecule has 5 atom stereocenters. The lowest BCUT2D eigenvalue weighted by Crippen LogP contribution is -2.56. The smallest absolute Gasteiger partial charge is 0.190 e. The molecule has 3 unspecified atom stereocenters. The third-order valence-corrected chi connectivity index (χ3v) is 4.99. The number of ether oxygens (including phenoxy) is 5. The zero-order valence-corrected chi connectivity index (χ0v) is 15.0. The highest BCUT2D eigenvalue weighted by Crippen LogP contribution is 2.44. The first-order valence-electron chi connectivity index (χ1n) is 9.08. The normalized spacial score (nSPS) is 44.2. The molecule has 0 radical (unpaired) electrons. The summed E-state index contributed by atoms with van der Waals surface area (Å²) in [4.78, 5) is 5.98. The maximum atomic E-state index is 6.14. The molecule has 0 bridgehead atoms. The molecule has 4 heterocycles. The molecule has 0 saturated carbocycles. The maximum absolute atomic E-state index is 6.14. The Balaban J connectivity index is 1.45. The predicted octanol–water partition coefficient (Wildman–Crippen LogP) is 1.80. The second-order valence-corrected chi connectivity index (χ2v) is 7.99. The van der Waals surface area contributed by atoms with Crippen LogP contribution in [-0.4, -0.2) is 67.0 Å². The van der Waals surface area contributed by atoms with Gasteiger partial charge in [-0.25, -0.2) is 0 Å². The Labute approximate surface area is 143 Å². The van der Waals surface area contributed by atoms with Crippen molar-refractivity contribution in [3.05, 3.63) is 0 Å². The van der Waals surface area contributed by atoms with Crippen molar-refractivity contribution in [1.29, 1.82) is 0 Å². The number of nitrogens with zero attached hydrogens (tertiary/aromatic N) is 1. The number of hydrogen-bond donors (Lipinski definition) is 0. The second kappa shape index (κ2) is 6.16. The third kappa shape index (κ3) is 3.35. The molecule has 4 aliphatic rings. The van der Waals surface area contributed by atoms with E-state index in [1.54, 1.807) is 0 Å². The van der Waals surface area contributed by atoms with Crippen LogP contribution >= 0.6 is 0 Å². The summed E-state index contributed by atoms with van der Waals surface area (Å²) in [5.74, 6) is -1.34. The van der Waals surface area contributed by atoms with E-state index >= 15 is 0 Å². The zero-order chi connectivity index (χ0) is 16.9. The van der Waals surface area contributed by atoms with Crippen molar-refractivity contribution >= 4 is 0 Å². The Morgan fingerprint density at radius 3 is 2.21 bits per heavy atom. The van der Waals surface area contributed by atoms with Crippen LogP contribution in [0.25, 0.3) is 0 Å². The van der Waals surface area contributed by atoms with Gasteiger partial charge in [0.1, 0.15) is 24.4 Å². The van der Waals surface area contributed by atoms with Crippen LogP contribution in [0.3, 0.4) is 0 Å². The lowest BCUT2D eigenvalue weighted by molar-refractivity contribution is -0.268. The fourth-order valence-corrected chi connectivity index (χ4v) is 4.00. The van der Waals surface area contributed by atoms with Crippen LogP contribution in [0.15, 0.2) is 0 Å². The summed E-state index contributed by atoms with van der Waals surface area (Å²) in [5, 5.41) is 2.03. The van der Waals surface area contributed by atoms with Crippen LogP contribution in [0.5, 0.6) is 0 Å². The minimum atomic E-state index is -0.682. The molecule has 7 heteroatoms. The predicted molar refractivity (Wildman–Crippen MR) is 83.9 cm³/mol. The van der Waals surface area contributed by atoms with Crippen LogP contribution in [-0.2, 0) is 28.5 Å². The third-order valence-electron chi connectivity index (χ3n) is 4.99. The van der Waals surface area contributed by atoms with E-state index in [0.29, 0.717) is 6.61 Å². The van der Waals surface area contributed by atoms with Crippen LogP contribution in [0.2, 0.25) is 0 Å². The summed E-state index contributed by atoms with van der Waals surface area (Å²) < 4.78 is 30.2. The monoisotopic (exact) mass is 343 g/mol. The maximum Gasteiger partial charge on any atom is 0.190 e. The average Bonchev–Trinajstić information content (AvgIpc) is 3.00. The van der Waals surface area contributed by atoms with Gasteiger partial charge in [-0.1, -0.05) is 6.42 Å². The van der Waals surface area contributed by atoms with Gasteiger partial charge in [0, 0.05) is 13.1 Å². The van der Waals surface area contributed by atoms with Gasteiger partial charge in [0.05, 0.1) is 6.61 Å². The van der Waals surface area contributed by atoms with Gasteiger partial charge in [-0.15, -0.1) is 0 Å². The Morgan fingerprint density at radius 2 is 1.46 bits per heavy atom.